The van der Waals surface area contributed by atoms with E-state index in [0.717, 1.165) is 39.8 Å². The predicted octanol–water partition coefficient (Wildman–Crippen LogP) is 4.94. The van der Waals surface area contributed by atoms with E-state index in [2.05, 4.69) is 14.9 Å². The first-order valence-electron chi connectivity index (χ1n) is 9.31. The largest absolute Gasteiger partial charge is 0.491 e. The van der Waals surface area contributed by atoms with Crippen LogP contribution in [0.15, 0.2) is 60.9 Å². The third-order valence-electron chi connectivity index (χ3n) is 4.81. The molecule has 0 unspecified atom stereocenters. The molecule has 1 fully saturated rings. The summed E-state index contributed by atoms with van der Waals surface area (Å²) in [6, 6.07) is 15.7. The van der Waals surface area contributed by atoms with Crippen molar-refractivity contribution in [3.8, 4) is 28.3 Å². The van der Waals surface area contributed by atoms with Crippen LogP contribution >= 0.6 is 11.6 Å². The molecule has 1 aromatic carbocycles. The Kier molecular flexibility index (Phi) is 5.66. The van der Waals surface area contributed by atoms with Gasteiger partial charge in [0.25, 0.3) is 0 Å². The zero-order valence-electron chi connectivity index (χ0n) is 15.1. The smallest absolute Gasteiger partial charge is 0.137 e. The van der Waals surface area contributed by atoms with Gasteiger partial charge in [0.1, 0.15) is 12.4 Å². The van der Waals surface area contributed by atoms with E-state index in [1.807, 2.05) is 54.7 Å². The van der Waals surface area contributed by atoms with E-state index in [-0.39, 0.29) is 0 Å². The monoisotopic (exact) mass is 379 g/mol. The molecule has 0 amide bonds. The maximum Gasteiger partial charge on any atom is 0.137 e. The van der Waals surface area contributed by atoms with Crippen LogP contribution in [0.3, 0.4) is 0 Å². The molecule has 5 heteroatoms. The summed E-state index contributed by atoms with van der Waals surface area (Å²) in [5.74, 6) is 0.802. The molecular weight excluding hydrogens is 358 g/mol. The highest BCUT2D eigenvalue weighted by atomic mass is 35.5. The van der Waals surface area contributed by atoms with Crippen molar-refractivity contribution < 1.29 is 4.74 Å². The number of rotatable bonds is 6. The van der Waals surface area contributed by atoms with Crippen LogP contribution in [0.4, 0.5) is 0 Å². The van der Waals surface area contributed by atoms with Gasteiger partial charge in [-0.1, -0.05) is 29.8 Å². The van der Waals surface area contributed by atoms with Gasteiger partial charge in [-0.3, -0.25) is 14.9 Å². The highest BCUT2D eigenvalue weighted by molar-refractivity contribution is 6.30. The molecule has 0 radical (unpaired) electrons. The first-order valence-corrected chi connectivity index (χ1v) is 9.69. The fourth-order valence-electron chi connectivity index (χ4n) is 3.27. The Morgan fingerprint density at radius 3 is 2.11 bits per heavy atom. The lowest BCUT2D eigenvalue weighted by atomic mass is 10.1. The van der Waals surface area contributed by atoms with E-state index < -0.39 is 0 Å². The van der Waals surface area contributed by atoms with Gasteiger partial charge in [-0.05, 0) is 61.8 Å². The predicted molar refractivity (Wildman–Crippen MR) is 109 cm³/mol. The van der Waals surface area contributed by atoms with Crippen LogP contribution in [-0.2, 0) is 0 Å². The topological polar surface area (TPSA) is 38.2 Å². The molecule has 0 saturated carbocycles. The second-order valence-corrected chi connectivity index (χ2v) is 7.15. The van der Waals surface area contributed by atoms with Gasteiger partial charge >= 0.3 is 0 Å². The normalized spacial score (nSPS) is 14.4. The van der Waals surface area contributed by atoms with E-state index in [1.165, 1.54) is 25.9 Å². The average Bonchev–Trinajstić information content (AvgIpc) is 3.23. The number of halogens is 1. The van der Waals surface area contributed by atoms with Gasteiger partial charge in [0.2, 0.25) is 0 Å². The van der Waals surface area contributed by atoms with Crippen molar-refractivity contribution in [2.24, 2.45) is 0 Å². The lowest BCUT2D eigenvalue weighted by Gasteiger charge is -2.14. The number of aromatic nitrogens is 2. The zero-order valence-corrected chi connectivity index (χ0v) is 15.9. The molecule has 0 atom stereocenters. The Morgan fingerprint density at radius 1 is 0.815 bits per heavy atom. The first-order chi connectivity index (χ1) is 13.3. The Balaban J connectivity index is 1.37. The first kappa shape index (κ1) is 18.0. The fraction of sp³-hybridized carbons (Fsp3) is 0.273. The van der Waals surface area contributed by atoms with E-state index in [1.54, 1.807) is 6.20 Å². The van der Waals surface area contributed by atoms with Gasteiger partial charge in [-0.15, -0.1) is 0 Å². The maximum absolute atomic E-state index is 5.95. The Hall–Kier alpha value is -2.43. The highest BCUT2D eigenvalue weighted by Gasteiger charge is 2.11. The highest BCUT2D eigenvalue weighted by Crippen LogP contribution is 2.24. The molecule has 3 heterocycles. The minimum Gasteiger partial charge on any atom is -0.491 e. The van der Waals surface area contributed by atoms with E-state index in [4.69, 9.17) is 16.3 Å². The molecule has 27 heavy (non-hydrogen) atoms. The van der Waals surface area contributed by atoms with E-state index >= 15 is 0 Å². The van der Waals surface area contributed by atoms with Crippen molar-refractivity contribution in [2.75, 3.05) is 26.2 Å². The Labute approximate surface area is 164 Å². The molecule has 1 aliphatic rings. The molecule has 3 aromatic rings. The number of hydrogen-bond acceptors (Lipinski definition) is 4. The quantitative estimate of drug-likeness (QED) is 0.608. The second-order valence-electron chi connectivity index (χ2n) is 6.72. The summed E-state index contributed by atoms with van der Waals surface area (Å²) >= 11 is 5.95. The van der Waals surface area contributed by atoms with Crippen molar-refractivity contribution >= 4 is 11.6 Å². The van der Waals surface area contributed by atoms with Crippen molar-refractivity contribution in [2.45, 2.75) is 12.8 Å². The number of nitrogens with zero attached hydrogens (tertiary/aromatic N) is 3. The Bertz CT molecular complexity index is 858. The molecule has 1 saturated heterocycles. The molecule has 0 aliphatic carbocycles. The van der Waals surface area contributed by atoms with Crippen LogP contribution in [-0.4, -0.2) is 41.1 Å². The zero-order chi connectivity index (χ0) is 18.5. The Morgan fingerprint density at radius 2 is 1.48 bits per heavy atom. The van der Waals surface area contributed by atoms with Gasteiger partial charge in [-0.2, -0.15) is 0 Å². The minimum atomic E-state index is 0.703. The molecule has 0 spiro atoms. The molecule has 0 bridgehead atoms. The number of pyridine rings is 2. The summed E-state index contributed by atoms with van der Waals surface area (Å²) < 4.78 is 5.81. The third kappa shape index (κ3) is 4.65. The summed E-state index contributed by atoms with van der Waals surface area (Å²) in [5, 5.41) is 0.732. The average molecular weight is 380 g/mol. The number of benzene rings is 1. The van der Waals surface area contributed by atoms with E-state index in [0.29, 0.717) is 6.61 Å². The molecule has 1 aliphatic heterocycles. The van der Waals surface area contributed by atoms with Crippen LogP contribution < -0.4 is 4.74 Å². The number of ether oxygens (including phenoxy) is 1. The van der Waals surface area contributed by atoms with Crippen LogP contribution in [0.2, 0.25) is 5.02 Å². The van der Waals surface area contributed by atoms with Gasteiger partial charge in [0, 0.05) is 23.3 Å². The van der Waals surface area contributed by atoms with Crippen molar-refractivity contribution in [3.05, 3.63) is 65.9 Å². The lowest BCUT2D eigenvalue weighted by Crippen LogP contribution is -2.25. The van der Waals surface area contributed by atoms with E-state index in [9.17, 15) is 0 Å². The molecule has 4 nitrogen and oxygen atoms in total. The van der Waals surface area contributed by atoms with Gasteiger partial charge < -0.3 is 4.74 Å². The molecule has 4 rings (SSSR count). The van der Waals surface area contributed by atoms with Crippen molar-refractivity contribution in [1.82, 2.24) is 14.9 Å². The summed E-state index contributed by atoms with van der Waals surface area (Å²) in [4.78, 5) is 11.5. The SMILES string of the molecule is Clc1ccc(-c2ccc(-c3ccc(OCCN4CCCC4)cn3)nc2)cc1. The maximum atomic E-state index is 5.95. The third-order valence-corrected chi connectivity index (χ3v) is 5.07. The van der Waals surface area contributed by atoms with Gasteiger partial charge in [0.05, 0.1) is 17.6 Å². The summed E-state index contributed by atoms with van der Waals surface area (Å²) in [5.41, 5.74) is 3.83. The number of likely N-dealkylation sites (tertiary alicyclic amines) is 1. The summed E-state index contributed by atoms with van der Waals surface area (Å²) in [6.45, 7) is 4.07. The summed E-state index contributed by atoms with van der Waals surface area (Å²) in [7, 11) is 0. The number of hydrogen-bond donors (Lipinski definition) is 0. The minimum absolute atomic E-state index is 0.703. The van der Waals surface area contributed by atoms with Crippen LogP contribution in [0.1, 0.15) is 12.8 Å². The molecule has 138 valence electrons. The lowest BCUT2D eigenvalue weighted by molar-refractivity contribution is 0.237. The molecule has 2 aromatic heterocycles. The summed E-state index contributed by atoms with van der Waals surface area (Å²) in [6.07, 6.45) is 6.24. The van der Waals surface area contributed by atoms with Gasteiger partial charge in [0.15, 0.2) is 0 Å². The fourth-order valence-corrected chi connectivity index (χ4v) is 3.40. The van der Waals surface area contributed by atoms with Crippen LogP contribution in [0.5, 0.6) is 5.75 Å². The molecule has 0 N–H and O–H groups in total. The van der Waals surface area contributed by atoms with Crippen molar-refractivity contribution in [1.29, 1.82) is 0 Å². The van der Waals surface area contributed by atoms with Crippen LogP contribution in [0.25, 0.3) is 22.5 Å². The van der Waals surface area contributed by atoms with Gasteiger partial charge in [-0.25, -0.2) is 0 Å². The standard InChI is InChI=1S/C22H22ClN3O/c23-19-6-3-17(4-7-19)18-5-9-21(24-15-18)22-10-8-20(16-25-22)27-14-13-26-11-1-2-12-26/h3-10,15-16H,1-2,11-14H2. The van der Waals surface area contributed by atoms with Crippen molar-refractivity contribution in [3.63, 3.8) is 0 Å². The second kappa shape index (κ2) is 8.51. The molecular formula is C22H22ClN3O. The van der Waals surface area contributed by atoms with Crippen LogP contribution in [0, 0.1) is 0 Å².